The van der Waals surface area contributed by atoms with Crippen molar-refractivity contribution in [3.05, 3.63) is 0 Å². The van der Waals surface area contributed by atoms with E-state index < -0.39 is 0 Å². The van der Waals surface area contributed by atoms with Crippen molar-refractivity contribution in [2.24, 2.45) is 11.8 Å². The second-order valence-corrected chi connectivity index (χ2v) is 9.61. The maximum Gasteiger partial charge on any atom is 0.0583 e. The molecule has 0 N–H and O–H groups in total. The van der Waals surface area contributed by atoms with Crippen molar-refractivity contribution in [2.45, 2.75) is 70.3 Å². The van der Waals surface area contributed by atoms with Gasteiger partial charge in [-0.25, -0.2) is 0 Å². The van der Waals surface area contributed by atoms with Crippen LogP contribution in [0.4, 0.5) is 0 Å². The molecule has 0 nitrogen and oxygen atoms in total. The van der Waals surface area contributed by atoms with Crippen LogP contribution < -0.4 is 0 Å². The van der Waals surface area contributed by atoms with E-state index in [1.807, 2.05) is 0 Å². The van der Waals surface area contributed by atoms with Gasteiger partial charge in [-0.1, -0.05) is 52.9 Å². The van der Waals surface area contributed by atoms with Crippen LogP contribution in [-0.2, 0) is 0 Å². The van der Waals surface area contributed by atoms with Crippen LogP contribution in [0, 0.1) is 11.8 Å². The SMILES string of the molecule is CC(C)CCCC(C)CCCC1(C)SCCS1. The molecule has 1 aliphatic rings. The summed E-state index contributed by atoms with van der Waals surface area (Å²) in [5, 5.41) is 0. The standard InChI is InChI=1S/C15H30S2/c1-13(2)7-5-8-14(3)9-6-10-15(4)16-11-12-17-15/h13-14H,5-12H2,1-4H3. The van der Waals surface area contributed by atoms with E-state index in [1.165, 1.54) is 50.0 Å². The maximum atomic E-state index is 2.44. The molecule has 1 rings (SSSR count). The Morgan fingerprint density at radius 3 is 2.12 bits per heavy atom. The minimum Gasteiger partial charge on any atom is -0.144 e. The number of hydrogen-bond acceptors (Lipinski definition) is 2. The Bertz CT molecular complexity index is 195. The fourth-order valence-electron chi connectivity index (χ4n) is 2.49. The summed E-state index contributed by atoms with van der Waals surface area (Å²) in [6.45, 7) is 9.55. The molecule has 102 valence electrons. The van der Waals surface area contributed by atoms with Crippen LogP contribution >= 0.6 is 23.5 Å². The van der Waals surface area contributed by atoms with E-state index in [-0.39, 0.29) is 0 Å². The minimum absolute atomic E-state index is 0.553. The van der Waals surface area contributed by atoms with E-state index >= 15 is 0 Å². The van der Waals surface area contributed by atoms with Gasteiger partial charge in [-0.3, -0.25) is 0 Å². The van der Waals surface area contributed by atoms with Gasteiger partial charge in [-0.15, -0.1) is 23.5 Å². The molecule has 1 unspecified atom stereocenters. The highest BCUT2D eigenvalue weighted by atomic mass is 32.2. The Hall–Kier alpha value is 0.700. The third-order valence-electron chi connectivity index (χ3n) is 3.70. The van der Waals surface area contributed by atoms with Crippen LogP contribution in [0.1, 0.15) is 66.2 Å². The molecule has 1 fully saturated rings. The second-order valence-electron chi connectivity index (χ2n) is 6.15. The quantitative estimate of drug-likeness (QED) is 0.547. The van der Waals surface area contributed by atoms with Gasteiger partial charge in [0.1, 0.15) is 0 Å². The van der Waals surface area contributed by atoms with Crippen LogP contribution in [0.15, 0.2) is 0 Å². The lowest BCUT2D eigenvalue weighted by Crippen LogP contribution is -2.11. The second kappa shape index (κ2) is 7.99. The highest BCUT2D eigenvalue weighted by molar-refractivity contribution is 8.21. The summed E-state index contributed by atoms with van der Waals surface area (Å²) in [7, 11) is 0. The normalized spacial score (nSPS) is 21.0. The van der Waals surface area contributed by atoms with E-state index in [4.69, 9.17) is 0 Å². The Balaban J connectivity index is 2.01. The van der Waals surface area contributed by atoms with Crippen molar-refractivity contribution in [1.82, 2.24) is 0 Å². The zero-order valence-corrected chi connectivity index (χ0v) is 13.8. The van der Waals surface area contributed by atoms with Crippen molar-refractivity contribution < 1.29 is 0 Å². The van der Waals surface area contributed by atoms with Crippen LogP contribution in [0.5, 0.6) is 0 Å². The predicted octanol–water partition coefficient (Wildman–Crippen LogP) is 5.82. The maximum absolute atomic E-state index is 2.44. The van der Waals surface area contributed by atoms with Crippen molar-refractivity contribution in [1.29, 1.82) is 0 Å². The average molecular weight is 275 g/mol. The van der Waals surface area contributed by atoms with Gasteiger partial charge < -0.3 is 0 Å². The van der Waals surface area contributed by atoms with E-state index in [1.54, 1.807) is 0 Å². The van der Waals surface area contributed by atoms with E-state index in [0.717, 1.165) is 11.8 Å². The Morgan fingerprint density at radius 1 is 0.941 bits per heavy atom. The summed E-state index contributed by atoms with van der Waals surface area (Å²) >= 11 is 4.36. The number of rotatable bonds is 8. The molecule has 0 saturated carbocycles. The molecule has 1 heterocycles. The van der Waals surface area contributed by atoms with Crippen LogP contribution in [-0.4, -0.2) is 15.6 Å². The number of hydrogen-bond donors (Lipinski definition) is 0. The van der Waals surface area contributed by atoms with Gasteiger partial charge in [0.15, 0.2) is 0 Å². The molecule has 2 heteroatoms. The van der Waals surface area contributed by atoms with E-state index in [0.29, 0.717) is 4.08 Å². The summed E-state index contributed by atoms with van der Waals surface area (Å²) in [5.41, 5.74) is 0. The third-order valence-corrected chi connectivity index (χ3v) is 7.12. The number of thioether (sulfide) groups is 2. The average Bonchev–Trinajstić information content (AvgIpc) is 2.65. The first kappa shape index (κ1) is 15.8. The zero-order chi connectivity index (χ0) is 12.7. The van der Waals surface area contributed by atoms with Crippen molar-refractivity contribution in [3.63, 3.8) is 0 Å². The molecule has 1 atom stereocenters. The largest absolute Gasteiger partial charge is 0.144 e. The zero-order valence-electron chi connectivity index (χ0n) is 12.1. The van der Waals surface area contributed by atoms with Gasteiger partial charge in [0, 0.05) is 11.5 Å². The highest BCUT2D eigenvalue weighted by Crippen LogP contribution is 2.46. The van der Waals surface area contributed by atoms with Gasteiger partial charge >= 0.3 is 0 Å². The molecular weight excluding hydrogens is 244 g/mol. The summed E-state index contributed by atoms with van der Waals surface area (Å²) in [6, 6.07) is 0. The molecule has 0 bridgehead atoms. The molecule has 1 saturated heterocycles. The fraction of sp³-hybridized carbons (Fsp3) is 1.00. The molecule has 17 heavy (non-hydrogen) atoms. The lowest BCUT2D eigenvalue weighted by Gasteiger charge is -2.22. The topological polar surface area (TPSA) is 0 Å². The van der Waals surface area contributed by atoms with Crippen molar-refractivity contribution in [3.8, 4) is 0 Å². The van der Waals surface area contributed by atoms with Crippen LogP contribution in [0.3, 0.4) is 0 Å². The Labute approximate surface area is 117 Å². The molecule has 0 radical (unpaired) electrons. The third kappa shape index (κ3) is 7.00. The van der Waals surface area contributed by atoms with E-state index in [2.05, 4.69) is 51.2 Å². The first-order valence-electron chi connectivity index (χ1n) is 7.30. The Morgan fingerprint density at radius 2 is 1.53 bits per heavy atom. The lowest BCUT2D eigenvalue weighted by atomic mass is 9.95. The molecule has 0 amide bonds. The molecular formula is C15H30S2. The van der Waals surface area contributed by atoms with Gasteiger partial charge in [0.05, 0.1) is 4.08 Å². The van der Waals surface area contributed by atoms with Crippen molar-refractivity contribution >= 4 is 23.5 Å². The first-order chi connectivity index (χ1) is 8.02. The van der Waals surface area contributed by atoms with E-state index in [9.17, 15) is 0 Å². The molecule has 0 spiro atoms. The molecule has 0 aromatic heterocycles. The molecule has 0 aromatic rings. The summed E-state index contributed by atoms with van der Waals surface area (Å²) in [5.74, 6) is 4.55. The monoisotopic (exact) mass is 274 g/mol. The predicted molar refractivity (Wildman–Crippen MR) is 85.0 cm³/mol. The smallest absolute Gasteiger partial charge is 0.0583 e. The summed E-state index contributed by atoms with van der Waals surface area (Å²) in [4.78, 5) is 0. The molecule has 1 aliphatic heterocycles. The van der Waals surface area contributed by atoms with Gasteiger partial charge in [-0.2, -0.15) is 0 Å². The summed E-state index contributed by atoms with van der Waals surface area (Å²) < 4.78 is 0.553. The van der Waals surface area contributed by atoms with Crippen LogP contribution in [0.2, 0.25) is 0 Å². The first-order valence-corrected chi connectivity index (χ1v) is 9.27. The molecule has 0 aliphatic carbocycles. The van der Waals surface area contributed by atoms with Gasteiger partial charge in [0.2, 0.25) is 0 Å². The minimum atomic E-state index is 0.553. The molecule has 0 aromatic carbocycles. The van der Waals surface area contributed by atoms with Crippen molar-refractivity contribution in [2.75, 3.05) is 11.5 Å². The highest BCUT2D eigenvalue weighted by Gasteiger charge is 2.29. The van der Waals surface area contributed by atoms with Gasteiger partial charge in [0.25, 0.3) is 0 Å². The van der Waals surface area contributed by atoms with Crippen LogP contribution in [0.25, 0.3) is 0 Å². The lowest BCUT2D eigenvalue weighted by molar-refractivity contribution is 0.421. The summed E-state index contributed by atoms with van der Waals surface area (Å²) in [6.07, 6.45) is 8.56. The van der Waals surface area contributed by atoms with Gasteiger partial charge in [-0.05, 0) is 25.2 Å². The fourth-order valence-corrected chi connectivity index (χ4v) is 5.43. The Kier molecular flexibility index (Phi) is 7.40.